The highest BCUT2D eigenvalue weighted by Gasteiger charge is 2.35. The number of esters is 1. The van der Waals surface area contributed by atoms with E-state index in [9.17, 15) is 9.59 Å². The lowest BCUT2D eigenvalue weighted by atomic mass is 9.87. The third kappa shape index (κ3) is 2.20. The first kappa shape index (κ1) is 10.0. The maximum atomic E-state index is 11.3. The molecule has 1 amide bonds. The van der Waals surface area contributed by atoms with Crippen molar-refractivity contribution in [3.63, 3.8) is 0 Å². The van der Waals surface area contributed by atoms with E-state index in [0.29, 0.717) is 13.2 Å². The van der Waals surface area contributed by atoms with E-state index in [1.165, 1.54) is 0 Å². The van der Waals surface area contributed by atoms with Gasteiger partial charge in [-0.3, -0.25) is 9.59 Å². The molecule has 1 N–H and O–H groups in total. The molecule has 4 heteroatoms. The van der Waals surface area contributed by atoms with Gasteiger partial charge < -0.3 is 10.1 Å². The van der Waals surface area contributed by atoms with Crippen molar-refractivity contribution in [2.45, 2.75) is 20.3 Å². The first-order valence-corrected chi connectivity index (χ1v) is 4.61. The van der Waals surface area contributed by atoms with Crippen molar-refractivity contribution < 1.29 is 14.3 Å². The lowest BCUT2D eigenvalue weighted by Crippen LogP contribution is -2.45. The smallest absolute Gasteiger partial charge is 0.318 e. The average Bonchev–Trinajstić information content (AvgIpc) is 2.04. The first-order chi connectivity index (χ1) is 6.16. The minimum Gasteiger partial charge on any atom is -0.465 e. The fourth-order valence-electron chi connectivity index (χ4n) is 1.53. The molecule has 74 valence electrons. The van der Waals surface area contributed by atoms with E-state index in [1.54, 1.807) is 6.92 Å². The Morgan fingerprint density at radius 2 is 2.38 bits per heavy atom. The van der Waals surface area contributed by atoms with E-state index >= 15 is 0 Å². The molecule has 13 heavy (non-hydrogen) atoms. The van der Waals surface area contributed by atoms with Crippen LogP contribution in [-0.2, 0) is 14.3 Å². The predicted octanol–water partition coefficient (Wildman–Crippen LogP) is 0.322. The molecule has 0 radical (unpaired) electrons. The van der Waals surface area contributed by atoms with Crippen LogP contribution in [0, 0.1) is 11.8 Å². The van der Waals surface area contributed by atoms with Gasteiger partial charge in [-0.25, -0.2) is 0 Å². The van der Waals surface area contributed by atoms with Gasteiger partial charge in [0, 0.05) is 6.54 Å². The number of piperidine rings is 1. The highest BCUT2D eigenvalue weighted by atomic mass is 16.5. The fraction of sp³-hybridized carbons (Fsp3) is 0.778. The molecule has 0 aromatic rings. The number of carbonyl (C=O) groups is 2. The number of amides is 1. The normalized spacial score (nSPS) is 28.0. The van der Waals surface area contributed by atoms with Gasteiger partial charge in [-0.15, -0.1) is 0 Å². The van der Waals surface area contributed by atoms with Gasteiger partial charge in [-0.1, -0.05) is 6.92 Å². The van der Waals surface area contributed by atoms with Crippen LogP contribution >= 0.6 is 0 Å². The summed E-state index contributed by atoms with van der Waals surface area (Å²) in [7, 11) is 0. The second-order valence-electron chi connectivity index (χ2n) is 3.29. The van der Waals surface area contributed by atoms with Crippen LogP contribution in [0.25, 0.3) is 0 Å². The SMILES string of the molecule is CCOC(=O)[C@@H]1C(=O)NCC[C@H]1C. The van der Waals surface area contributed by atoms with Gasteiger partial charge in [-0.05, 0) is 19.3 Å². The quantitative estimate of drug-likeness (QED) is 0.498. The number of carbonyl (C=O) groups excluding carboxylic acids is 2. The molecule has 1 aliphatic rings. The van der Waals surface area contributed by atoms with Gasteiger partial charge in [0.25, 0.3) is 0 Å². The van der Waals surface area contributed by atoms with Crippen LogP contribution < -0.4 is 5.32 Å². The van der Waals surface area contributed by atoms with Gasteiger partial charge in [0.15, 0.2) is 0 Å². The summed E-state index contributed by atoms with van der Waals surface area (Å²) in [4.78, 5) is 22.6. The topological polar surface area (TPSA) is 55.4 Å². The minimum absolute atomic E-state index is 0.0906. The zero-order valence-electron chi connectivity index (χ0n) is 8.00. The molecule has 1 rings (SSSR count). The van der Waals surface area contributed by atoms with Crippen molar-refractivity contribution in [1.82, 2.24) is 5.32 Å². The molecule has 1 heterocycles. The van der Waals surface area contributed by atoms with Crippen LogP contribution in [0.2, 0.25) is 0 Å². The van der Waals surface area contributed by atoms with Crippen LogP contribution in [0.3, 0.4) is 0 Å². The maximum absolute atomic E-state index is 11.3. The van der Waals surface area contributed by atoms with Crippen molar-refractivity contribution in [1.29, 1.82) is 0 Å². The van der Waals surface area contributed by atoms with Crippen molar-refractivity contribution in [2.24, 2.45) is 11.8 Å². The van der Waals surface area contributed by atoms with Gasteiger partial charge in [0.2, 0.25) is 5.91 Å². The molecule has 0 aromatic heterocycles. The summed E-state index contributed by atoms with van der Waals surface area (Å²) in [5, 5.41) is 2.66. The van der Waals surface area contributed by atoms with Gasteiger partial charge in [-0.2, -0.15) is 0 Å². The molecule has 0 aliphatic carbocycles. The molecular weight excluding hydrogens is 170 g/mol. The first-order valence-electron chi connectivity index (χ1n) is 4.61. The largest absolute Gasteiger partial charge is 0.465 e. The summed E-state index contributed by atoms with van der Waals surface area (Å²) in [6.45, 7) is 4.63. The van der Waals surface area contributed by atoms with Crippen LogP contribution in [0.1, 0.15) is 20.3 Å². The molecule has 0 spiro atoms. The molecule has 0 saturated carbocycles. The molecular formula is C9H15NO3. The van der Waals surface area contributed by atoms with E-state index in [-0.39, 0.29) is 11.8 Å². The van der Waals surface area contributed by atoms with Crippen LogP contribution in [-0.4, -0.2) is 25.0 Å². The van der Waals surface area contributed by atoms with Gasteiger partial charge in [0.05, 0.1) is 6.61 Å². The third-order valence-corrected chi connectivity index (χ3v) is 2.29. The average molecular weight is 185 g/mol. The molecule has 0 unspecified atom stereocenters. The number of nitrogens with one attached hydrogen (secondary N) is 1. The van der Waals surface area contributed by atoms with Crippen LogP contribution in [0.15, 0.2) is 0 Å². The summed E-state index contributed by atoms with van der Waals surface area (Å²) in [6.07, 6.45) is 0.842. The number of rotatable bonds is 2. The van der Waals surface area contributed by atoms with Crippen molar-refractivity contribution >= 4 is 11.9 Å². The van der Waals surface area contributed by atoms with E-state index in [0.717, 1.165) is 6.42 Å². The standard InChI is InChI=1S/C9H15NO3/c1-3-13-9(12)7-6(2)4-5-10-8(7)11/h6-7H,3-5H2,1-2H3,(H,10,11)/t6-,7+/m1/s1. The maximum Gasteiger partial charge on any atom is 0.318 e. The Bertz CT molecular complexity index is 215. The molecule has 4 nitrogen and oxygen atoms in total. The minimum atomic E-state index is -0.603. The summed E-state index contributed by atoms with van der Waals surface area (Å²) in [6, 6.07) is 0. The second kappa shape index (κ2) is 4.25. The zero-order chi connectivity index (χ0) is 9.84. The molecule has 0 bridgehead atoms. The van der Waals surface area contributed by atoms with Crippen molar-refractivity contribution in [3.8, 4) is 0 Å². The van der Waals surface area contributed by atoms with Crippen molar-refractivity contribution in [3.05, 3.63) is 0 Å². The van der Waals surface area contributed by atoms with Crippen LogP contribution in [0.4, 0.5) is 0 Å². The summed E-state index contributed by atoms with van der Waals surface area (Å²) < 4.78 is 4.82. The molecule has 2 atom stereocenters. The lowest BCUT2D eigenvalue weighted by Gasteiger charge is -2.26. The molecule has 0 aromatic carbocycles. The Morgan fingerprint density at radius 3 is 2.92 bits per heavy atom. The summed E-state index contributed by atoms with van der Waals surface area (Å²) in [5.74, 6) is -1.11. The zero-order valence-corrected chi connectivity index (χ0v) is 8.00. The Morgan fingerprint density at radius 1 is 1.69 bits per heavy atom. The Balaban J connectivity index is 2.62. The predicted molar refractivity (Wildman–Crippen MR) is 46.9 cm³/mol. The molecule has 1 saturated heterocycles. The molecule has 1 aliphatic heterocycles. The van der Waals surface area contributed by atoms with E-state index in [2.05, 4.69) is 5.32 Å². The Labute approximate surface area is 77.6 Å². The Kier molecular flexibility index (Phi) is 3.28. The highest BCUT2D eigenvalue weighted by Crippen LogP contribution is 2.20. The molecule has 1 fully saturated rings. The van der Waals surface area contributed by atoms with E-state index in [1.807, 2.05) is 6.92 Å². The van der Waals surface area contributed by atoms with Crippen molar-refractivity contribution in [2.75, 3.05) is 13.2 Å². The fourth-order valence-corrected chi connectivity index (χ4v) is 1.53. The van der Waals surface area contributed by atoms with E-state index in [4.69, 9.17) is 4.74 Å². The lowest BCUT2D eigenvalue weighted by molar-refractivity contribution is -0.155. The summed E-state index contributed by atoms with van der Waals surface area (Å²) >= 11 is 0. The van der Waals surface area contributed by atoms with E-state index < -0.39 is 11.9 Å². The second-order valence-corrected chi connectivity index (χ2v) is 3.29. The number of hydrogen-bond donors (Lipinski definition) is 1. The Hall–Kier alpha value is -1.06. The highest BCUT2D eigenvalue weighted by molar-refractivity contribution is 5.98. The monoisotopic (exact) mass is 185 g/mol. The summed E-state index contributed by atoms with van der Waals surface area (Å²) in [5.41, 5.74) is 0. The van der Waals surface area contributed by atoms with Crippen LogP contribution in [0.5, 0.6) is 0 Å². The number of hydrogen-bond acceptors (Lipinski definition) is 3. The number of ether oxygens (including phenoxy) is 1. The van der Waals surface area contributed by atoms with Gasteiger partial charge >= 0.3 is 5.97 Å². The third-order valence-electron chi connectivity index (χ3n) is 2.29. The van der Waals surface area contributed by atoms with Gasteiger partial charge in [0.1, 0.15) is 5.92 Å².